The molecule has 0 fully saturated rings. The Morgan fingerprint density at radius 2 is 1.95 bits per heavy atom. The monoisotopic (exact) mass is 287 g/mol. The summed E-state index contributed by atoms with van der Waals surface area (Å²) in [5.74, 6) is -0.881. The normalized spacial score (nSPS) is 11.8. The van der Waals surface area contributed by atoms with Crippen LogP contribution in [0, 0.1) is 5.82 Å². The first-order valence-corrected chi connectivity index (χ1v) is 6.85. The predicted molar refractivity (Wildman–Crippen MR) is 80.8 cm³/mol. The van der Waals surface area contributed by atoms with Crippen molar-refractivity contribution in [2.24, 2.45) is 0 Å². The Morgan fingerprint density at radius 1 is 1.24 bits per heavy atom. The number of halogens is 1. The standard InChI is InChI=1S/C17H18FNO2/c1-3-15(12-7-5-4-6-8-12)19-16-11-13(18)9-10-14(16)17(20)21-2/h4-11,15,19H,3H2,1-2H3. The van der Waals surface area contributed by atoms with Crippen molar-refractivity contribution >= 4 is 11.7 Å². The third-order valence-corrected chi connectivity index (χ3v) is 3.33. The first-order chi connectivity index (χ1) is 10.2. The molecule has 0 saturated carbocycles. The highest BCUT2D eigenvalue weighted by atomic mass is 19.1. The molecule has 110 valence electrons. The Bertz CT molecular complexity index is 613. The molecular formula is C17H18FNO2. The quantitative estimate of drug-likeness (QED) is 0.839. The zero-order valence-corrected chi connectivity index (χ0v) is 12.1. The van der Waals surface area contributed by atoms with Crippen LogP contribution in [0.15, 0.2) is 48.5 Å². The molecule has 3 nitrogen and oxygen atoms in total. The number of benzene rings is 2. The van der Waals surface area contributed by atoms with Crippen molar-refractivity contribution in [3.05, 3.63) is 65.5 Å². The Kier molecular flexibility index (Phi) is 4.93. The van der Waals surface area contributed by atoms with E-state index >= 15 is 0 Å². The van der Waals surface area contributed by atoms with Gasteiger partial charge in [-0.2, -0.15) is 0 Å². The minimum atomic E-state index is -0.486. The van der Waals surface area contributed by atoms with E-state index in [1.54, 1.807) is 0 Å². The van der Waals surface area contributed by atoms with Crippen molar-refractivity contribution in [1.82, 2.24) is 0 Å². The highest BCUT2D eigenvalue weighted by Crippen LogP contribution is 2.26. The number of rotatable bonds is 5. The van der Waals surface area contributed by atoms with Gasteiger partial charge in [0, 0.05) is 0 Å². The van der Waals surface area contributed by atoms with Crippen LogP contribution in [0.5, 0.6) is 0 Å². The van der Waals surface area contributed by atoms with E-state index in [1.807, 2.05) is 37.3 Å². The van der Waals surface area contributed by atoms with Gasteiger partial charge < -0.3 is 10.1 Å². The molecule has 1 unspecified atom stereocenters. The number of nitrogens with one attached hydrogen (secondary N) is 1. The zero-order valence-electron chi connectivity index (χ0n) is 12.1. The summed E-state index contributed by atoms with van der Waals surface area (Å²) in [7, 11) is 1.31. The molecule has 1 atom stereocenters. The fourth-order valence-electron chi connectivity index (χ4n) is 2.22. The van der Waals surface area contributed by atoms with Gasteiger partial charge in [0.2, 0.25) is 0 Å². The first-order valence-electron chi connectivity index (χ1n) is 6.85. The van der Waals surface area contributed by atoms with Crippen LogP contribution in [0.1, 0.15) is 35.3 Å². The van der Waals surface area contributed by atoms with Crippen molar-refractivity contribution in [1.29, 1.82) is 0 Å². The number of hydrogen-bond donors (Lipinski definition) is 1. The van der Waals surface area contributed by atoms with Crippen LogP contribution < -0.4 is 5.32 Å². The number of hydrogen-bond acceptors (Lipinski definition) is 3. The molecule has 0 amide bonds. The van der Waals surface area contributed by atoms with Crippen LogP contribution in [0.3, 0.4) is 0 Å². The number of carbonyl (C=O) groups is 1. The van der Waals surface area contributed by atoms with Crippen molar-refractivity contribution in [3.63, 3.8) is 0 Å². The van der Waals surface area contributed by atoms with Gasteiger partial charge >= 0.3 is 5.97 Å². The smallest absolute Gasteiger partial charge is 0.339 e. The summed E-state index contributed by atoms with van der Waals surface area (Å²) in [5, 5.41) is 3.23. The van der Waals surface area contributed by atoms with E-state index in [0.29, 0.717) is 11.3 Å². The first kappa shape index (κ1) is 15.0. The number of ether oxygens (including phenoxy) is 1. The maximum absolute atomic E-state index is 13.5. The lowest BCUT2D eigenvalue weighted by Gasteiger charge is -2.20. The fourth-order valence-corrected chi connectivity index (χ4v) is 2.22. The van der Waals surface area contributed by atoms with E-state index in [1.165, 1.54) is 25.3 Å². The molecule has 2 rings (SSSR count). The number of esters is 1. The van der Waals surface area contributed by atoms with Gasteiger partial charge in [-0.3, -0.25) is 0 Å². The molecular weight excluding hydrogens is 269 g/mol. The molecule has 0 spiro atoms. The van der Waals surface area contributed by atoms with Crippen molar-refractivity contribution in [2.75, 3.05) is 12.4 Å². The molecule has 0 radical (unpaired) electrons. The minimum Gasteiger partial charge on any atom is -0.465 e. The van der Waals surface area contributed by atoms with Gasteiger partial charge in [-0.1, -0.05) is 37.3 Å². The summed E-state index contributed by atoms with van der Waals surface area (Å²) in [6.07, 6.45) is 0.807. The molecule has 2 aromatic rings. The molecule has 0 aromatic heterocycles. The van der Waals surface area contributed by atoms with Crippen LogP contribution in [0.4, 0.5) is 10.1 Å². The van der Waals surface area contributed by atoms with E-state index in [2.05, 4.69) is 5.32 Å². The number of anilines is 1. The number of carbonyl (C=O) groups excluding carboxylic acids is 1. The van der Waals surface area contributed by atoms with Gasteiger partial charge in [-0.05, 0) is 30.2 Å². The van der Waals surface area contributed by atoms with Gasteiger partial charge in [0.25, 0.3) is 0 Å². The molecule has 2 aromatic carbocycles. The Labute approximate surface area is 123 Å². The molecule has 4 heteroatoms. The zero-order chi connectivity index (χ0) is 15.2. The van der Waals surface area contributed by atoms with Gasteiger partial charge in [0.15, 0.2) is 0 Å². The maximum Gasteiger partial charge on any atom is 0.339 e. The summed E-state index contributed by atoms with van der Waals surface area (Å²) in [6.45, 7) is 2.03. The molecule has 0 heterocycles. The second-order valence-electron chi connectivity index (χ2n) is 4.70. The topological polar surface area (TPSA) is 38.3 Å². The summed E-state index contributed by atoms with van der Waals surface area (Å²) in [5.41, 5.74) is 1.85. The lowest BCUT2D eigenvalue weighted by atomic mass is 10.0. The van der Waals surface area contributed by atoms with Crippen molar-refractivity contribution in [2.45, 2.75) is 19.4 Å². The highest BCUT2D eigenvalue weighted by Gasteiger charge is 2.16. The van der Waals surface area contributed by atoms with Crippen molar-refractivity contribution in [3.8, 4) is 0 Å². The van der Waals surface area contributed by atoms with Gasteiger partial charge in [0.1, 0.15) is 5.82 Å². The van der Waals surface area contributed by atoms with E-state index < -0.39 is 11.8 Å². The molecule has 0 saturated heterocycles. The maximum atomic E-state index is 13.5. The minimum absolute atomic E-state index is 0.00333. The number of methoxy groups -OCH3 is 1. The Hall–Kier alpha value is -2.36. The second-order valence-corrected chi connectivity index (χ2v) is 4.70. The van der Waals surface area contributed by atoms with Gasteiger partial charge in [0.05, 0.1) is 24.4 Å². The Morgan fingerprint density at radius 3 is 2.57 bits per heavy atom. The highest BCUT2D eigenvalue weighted by molar-refractivity contribution is 5.95. The molecule has 1 N–H and O–H groups in total. The lowest BCUT2D eigenvalue weighted by molar-refractivity contribution is 0.0601. The SMILES string of the molecule is CCC(Nc1cc(F)ccc1C(=O)OC)c1ccccc1. The van der Waals surface area contributed by atoms with E-state index in [4.69, 9.17) is 4.74 Å². The van der Waals surface area contributed by atoms with Crippen molar-refractivity contribution < 1.29 is 13.9 Å². The van der Waals surface area contributed by atoms with E-state index in [0.717, 1.165) is 12.0 Å². The van der Waals surface area contributed by atoms with Crippen LogP contribution in [-0.2, 0) is 4.74 Å². The van der Waals surface area contributed by atoms with Crippen LogP contribution >= 0.6 is 0 Å². The third kappa shape index (κ3) is 3.60. The molecule has 0 aliphatic carbocycles. The predicted octanol–water partition coefficient (Wildman–Crippen LogP) is 4.18. The summed E-state index contributed by atoms with van der Waals surface area (Å²) in [4.78, 5) is 11.8. The molecule has 0 aliphatic heterocycles. The summed E-state index contributed by atoms with van der Waals surface area (Å²) >= 11 is 0. The Balaban J connectivity index is 2.33. The average Bonchev–Trinajstić information content (AvgIpc) is 2.53. The molecule has 21 heavy (non-hydrogen) atoms. The van der Waals surface area contributed by atoms with Crippen LogP contribution in [0.2, 0.25) is 0 Å². The van der Waals surface area contributed by atoms with Crippen LogP contribution in [0.25, 0.3) is 0 Å². The molecule has 0 bridgehead atoms. The van der Waals surface area contributed by atoms with E-state index in [-0.39, 0.29) is 6.04 Å². The second kappa shape index (κ2) is 6.88. The third-order valence-electron chi connectivity index (χ3n) is 3.33. The van der Waals surface area contributed by atoms with Crippen LogP contribution in [-0.4, -0.2) is 13.1 Å². The van der Waals surface area contributed by atoms with Gasteiger partial charge in [-0.25, -0.2) is 9.18 Å². The summed E-state index contributed by atoms with van der Waals surface area (Å²) in [6, 6.07) is 13.8. The molecule has 0 aliphatic rings. The van der Waals surface area contributed by atoms with Gasteiger partial charge in [-0.15, -0.1) is 0 Å². The summed E-state index contributed by atoms with van der Waals surface area (Å²) < 4.78 is 18.2. The lowest BCUT2D eigenvalue weighted by Crippen LogP contribution is -2.14. The average molecular weight is 287 g/mol. The van der Waals surface area contributed by atoms with E-state index in [9.17, 15) is 9.18 Å². The largest absolute Gasteiger partial charge is 0.465 e. The fraction of sp³-hybridized carbons (Fsp3) is 0.235.